The van der Waals surface area contributed by atoms with Crippen molar-refractivity contribution in [2.24, 2.45) is 0 Å². The number of fused-ring (bicyclic) bond motifs is 1. The van der Waals surface area contributed by atoms with Gasteiger partial charge in [0.1, 0.15) is 5.01 Å². The zero-order valence-corrected chi connectivity index (χ0v) is 13.8. The molecular weight excluding hydrogens is 328 g/mol. The molecule has 1 aromatic heterocycles. The van der Waals surface area contributed by atoms with E-state index in [-0.39, 0.29) is 16.4 Å². The molecule has 0 aliphatic rings. The third-order valence-electron chi connectivity index (χ3n) is 3.54. The number of benzene rings is 2. The molecule has 6 nitrogen and oxygen atoms in total. The number of methoxy groups -OCH3 is 1. The molecule has 2 aromatic carbocycles. The van der Waals surface area contributed by atoms with E-state index in [1.165, 1.54) is 18.4 Å². The summed E-state index contributed by atoms with van der Waals surface area (Å²) in [6, 6.07) is 8.32. The summed E-state index contributed by atoms with van der Waals surface area (Å²) in [7, 11) is 1.49. The standard InChI is InChI=1S/C17H14N2O4S/c1-10-7-12-16(9-13(10)19(21)22)24-17(18-12)6-4-11-3-5-14(20)15(8-11)23-2/h3-9,20H,1-2H3. The second-order valence-electron chi connectivity index (χ2n) is 5.18. The molecule has 1 N–H and O–H groups in total. The molecule has 0 unspecified atom stereocenters. The van der Waals surface area contributed by atoms with Gasteiger partial charge in [0.25, 0.3) is 5.69 Å². The lowest BCUT2D eigenvalue weighted by atomic mass is 10.2. The molecule has 7 heteroatoms. The van der Waals surface area contributed by atoms with Crippen molar-refractivity contribution >= 4 is 39.4 Å². The third-order valence-corrected chi connectivity index (χ3v) is 4.52. The maximum Gasteiger partial charge on any atom is 0.273 e. The Hall–Kier alpha value is -2.93. The van der Waals surface area contributed by atoms with E-state index in [1.54, 1.807) is 37.3 Å². The number of aromatic hydroxyl groups is 1. The molecule has 0 saturated heterocycles. The first-order chi connectivity index (χ1) is 11.5. The second kappa shape index (κ2) is 6.29. The van der Waals surface area contributed by atoms with E-state index >= 15 is 0 Å². The van der Waals surface area contributed by atoms with Crippen molar-refractivity contribution in [3.8, 4) is 11.5 Å². The van der Waals surface area contributed by atoms with Gasteiger partial charge in [-0.15, -0.1) is 11.3 Å². The minimum absolute atomic E-state index is 0.0809. The fourth-order valence-electron chi connectivity index (χ4n) is 2.32. The topological polar surface area (TPSA) is 85.5 Å². The van der Waals surface area contributed by atoms with Gasteiger partial charge < -0.3 is 9.84 Å². The van der Waals surface area contributed by atoms with Crippen molar-refractivity contribution in [1.82, 2.24) is 4.98 Å². The number of aryl methyl sites for hydroxylation is 1. The molecule has 0 fully saturated rings. The van der Waals surface area contributed by atoms with Crippen LogP contribution in [0.2, 0.25) is 0 Å². The maximum atomic E-state index is 11.0. The van der Waals surface area contributed by atoms with Crippen LogP contribution >= 0.6 is 11.3 Å². The molecule has 122 valence electrons. The minimum Gasteiger partial charge on any atom is -0.504 e. The number of hydrogen-bond acceptors (Lipinski definition) is 6. The first-order valence-electron chi connectivity index (χ1n) is 7.08. The Morgan fingerprint density at radius 2 is 2.08 bits per heavy atom. The number of phenolic OH excluding ortho intramolecular Hbond substituents is 1. The van der Waals surface area contributed by atoms with E-state index < -0.39 is 0 Å². The van der Waals surface area contributed by atoms with Gasteiger partial charge in [-0.05, 0) is 36.8 Å². The summed E-state index contributed by atoms with van der Waals surface area (Å²) in [6.07, 6.45) is 3.68. The number of thiazole rings is 1. The van der Waals surface area contributed by atoms with Crippen LogP contribution in [0.5, 0.6) is 11.5 Å². The Morgan fingerprint density at radius 3 is 2.79 bits per heavy atom. The third kappa shape index (κ3) is 3.07. The first kappa shape index (κ1) is 15.9. The number of ether oxygens (including phenoxy) is 1. The van der Waals surface area contributed by atoms with Gasteiger partial charge in [-0.25, -0.2) is 4.98 Å². The van der Waals surface area contributed by atoms with Gasteiger partial charge in [0.15, 0.2) is 11.5 Å². The van der Waals surface area contributed by atoms with Gasteiger partial charge in [-0.1, -0.05) is 12.1 Å². The maximum absolute atomic E-state index is 11.0. The Bertz CT molecular complexity index is 963. The number of nitro benzene ring substituents is 1. The van der Waals surface area contributed by atoms with Crippen LogP contribution in [-0.2, 0) is 0 Å². The van der Waals surface area contributed by atoms with Crippen molar-refractivity contribution in [1.29, 1.82) is 0 Å². The summed E-state index contributed by atoms with van der Waals surface area (Å²) in [5.41, 5.74) is 2.29. The van der Waals surface area contributed by atoms with Crippen LogP contribution in [0.25, 0.3) is 22.4 Å². The van der Waals surface area contributed by atoms with Crippen LogP contribution in [0.3, 0.4) is 0 Å². The van der Waals surface area contributed by atoms with Crippen LogP contribution in [0.15, 0.2) is 30.3 Å². The highest BCUT2D eigenvalue weighted by molar-refractivity contribution is 7.19. The summed E-state index contributed by atoms with van der Waals surface area (Å²) in [5, 5.41) is 21.4. The summed E-state index contributed by atoms with van der Waals surface area (Å²) < 4.78 is 5.85. The number of phenols is 1. The Morgan fingerprint density at radius 1 is 1.29 bits per heavy atom. The van der Waals surface area contributed by atoms with Crippen molar-refractivity contribution in [3.63, 3.8) is 0 Å². The highest BCUT2D eigenvalue weighted by Gasteiger charge is 2.14. The van der Waals surface area contributed by atoms with E-state index in [1.807, 2.05) is 12.2 Å². The predicted molar refractivity (Wildman–Crippen MR) is 94.6 cm³/mol. The molecule has 0 radical (unpaired) electrons. The van der Waals surface area contributed by atoms with Crippen LogP contribution in [-0.4, -0.2) is 22.1 Å². The number of nitrogens with zero attached hydrogens (tertiary/aromatic N) is 2. The van der Waals surface area contributed by atoms with Crippen molar-refractivity contribution in [3.05, 3.63) is 56.6 Å². The van der Waals surface area contributed by atoms with E-state index in [0.717, 1.165) is 20.8 Å². The molecule has 0 aliphatic carbocycles. The lowest BCUT2D eigenvalue weighted by molar-refractivity contribution is -0.385. The molecule has 0 amide bonds. The lowest BCUT2D eigenvalue weighted by Gasteiger charge is -2.03. The SMILES string of the molecule is COc1cc(C=Cc2nc3cc(C)c([N+](=O)[O-])cc3s2)ccc1O. The molecule has 3 rings (SSSR count). The smallest absolute Gasteiger partial charge is 0.273 e. The zero-order chi connectivity index (χ0) is 17.3. The van der Waals surface area contributed by atoms with Gasteiger partial charge in [-0.3, -0.25) is 10.1 Å². The predicted octanol–water partition coefficient (Wildman–Crippen LogP) is 4.40. The average Bonchev–Trinajstić information content (AvgIpc) is 2.94. The second-order valence-corrected chi connectivity index (χ2v) is 6.24. The fraction of sp³-hybridized carbons (Fsp3) is 0.118. The Kier molecular flexibility index (Phi) is 4.18. The van der Waals surface area contributed by atoms with Crippen LogP contribution < -0.4 is 4.74 Å². The highest BCUT2D eigenvalue weighted by atomic mass is 32.1. The summed E-state index contributed by atoms with van der Waals surface area (Å²) in [6.45, 7) is 1.70. The monoisotopic (exact) mass is 342 g/mol. The number of nitro groups is 1. The van der Waals surface area contributed by atoms with Crippen molar-refractivity contribution < 1.29 is 14.8 Å². The van der Waals surface area contributed by atoms with Crippen molar-refractivity contribution in [2.75, 3.05) is 7.11 Å². The number of hydrogen-bond donors (Lipinski definition) is 1. The lowest BCUT2D eigenvalue weighted by Crippen LogP contribution is -1.90. The van der Waals surface area contributed by atoms with Crippen LogP contribution in [0, 0.1) is 17.0 Å². The molecule has 1 heterocycles. The van der Waals surface area contributed by atoms with E-state index in [0.29, 0.717) is 11.3 Å². The molecular formula is C17H14N2O4S. The molecule has 24 heavy (non-hydrogen) atoms. The summed E-state index contributed by atoms with van der Waals surface area (Å²) >= 11 is 1.39. The fourth-order valence-corrected chi connectivity index (χ4v) is 3.20. The van der Waals surface area contributed by atoms with E-state index in [9.17, 15) is 15.2 Å². The van der Waals surface area contributed by atoms with Crippen molar-refractivity contribution in [2.45, 2.75) is 6.92 Å². The zero-order valence-electron chi connectivity index (χ0n) is 13.0. The Labute approximate surface area is 141 Å². The van der Waals surface area contributed by atoms with E-state index in [4.69, 9.17) is 4.74 Å². The molecule has 0 bridgehead atoms. The summed E-state index contributed by atoms with van der Waals surface area (Å²) in [5.74, 6) is 0.477. The Balaban J connectivity index is 1.94. The van der Waals surface area contributed by atoms with E-state index in [2.05, 4.69) is 4.98 Å². The largest absolute Gasteiger partial charge is 0.504 e. The molecule has 0 aliphatic heterocycles. The highest BCUT2D eigenvalue weighted by Crippen LogP contribution is 2.31. The van der Waals surface area contributed by atoms with Gasteiger partial charge in [-0.2, -0.15) is 0 Å². The summed E-state index contributed by atoms with van der Waals surface area (Å²) in [4.78, 5) is 15.1. The number of rotatable bonds is 4. The van der Waals surface area contributed by atoms with Gasteiger partial charge >= 0.3 is 0 Å². The molecule has 0 atom stereocenters. The molecule has 3 aromatic rings. The average molecular weight is 342 g/mol. The van der Waals surface area contributed by atoms with Crippen LogP contribution in [0.1, 0.15) is 16.1 Å². The number of aromatic nitrogens is 1. The molecule has 0 spiro atoms. The normalized spacial score (nSPS) is 11.2. The van der Waals surface area contributed by atoms with Gasteiger partial charge in [0.2, 0.25) is 0 Å². The van der Waals surface area contributed by atoms with Gasteiger partial charge in [0.05, 0.1) is 22.2 Å². The van der Waals surface area contributed by atoms with Gasteiger partial charge in [0, 0.05) is 11.6 Å². The van der Waals surface area contributed by atoms with Crippen LogP contribution in [0.4, 0.5) is 5.69 Å². The first-order valence-corrected chi connectivity index (χ1v) is 7.90. The molecule has 0 saturated carbocycles. The quantitative estimate of drug-likeness (QED) is 0.561. The minimum atomic E-state index is -0.382.